The maximum atomic E-state index is 15.6. The highest BCUT2D eigenvalue weighted by Gasteiger charge is 2.73. The smallest absolute Gasteiger partial charge is 0.496 e. The van der Waals surface area contributed by atoms with Crippen molar-refractivity contribution in [1.29, 1.82) is 0 Å². The van der Waals surface area contributed by atoms with Gasteiger partial charge in [-0.05, 0) is 94.1 Å². The van der Waals surface area contributed by atoms with Gasteiger partial charge >= 0.3 is 18.2 Å². The minimum Gasteiger partial charge on any atom is -0.496 e. The summed E-state index contributed by atoms with van der Waals surface area (Å²) in [5, 5.41) is 13.6. The van der Waals surface area contributed by atoms with E-state index >= 15 is 4.79 Å². The van der Waals surface area contributed by atoms with E-state index in [9.17, 15) is 19.5 Å². The molecule has 65 heavy (non-hydrogen) atoms. The summed E-state index contributed by atoms with van der Waals surface area (Å²) < 4.78 is 43.0. The molecule has 1 N–H and O–H groups in total. The summed E-state index contributed by atoms with van der Waals surface area (Å²) in [5.41, 5.74) is -1.52. The van der Waals surface area contributed by atoms with Crippen LogP contribution in [0.4, 0.5) is 9.59 Å². The largest absolute Gasteiger partial charge is 0.508 e. The maximum Gasteiger partial charge on any atom is 0.508 e. The van der Waals surface area contributed by atoms with Crippen molar-refractivity contribution in [2.45, 2.75) is 164 Å². The summed E-state index contributed by atoms with van der Waals surface area (Å²) in [6, 6.07) is 14.1. The Morgan fingerprint density at radius 1 is 0.985 bits per heavy atom. The fraction of sp³-hybridized carbons (Fsp3) is 0.654. The van der Waals surface area contributed by atoms with Crippen LogP contribution in [0.3, 0.4) is 0 Å². The number of hydrogen-bond acceptors (Lipinski definition) is 12. The predicted molar refractivity (Wildman–Crippen MR) is 241 cm³/mol. The van der Waals surface area contributed by atoms with Crippen molar-refractivity contribution in [2.24, 2.45) is 39.9 Å². The Kier molecular flexibility index (Phi) is 12.9. The molecule has 12 atom stereocenters. The third-order valence-electron chi connectivity index (χ3n) is 15.7. The van der Waals surface area contributed by atoms with Crippen LogP contribution in [0, 0.1) is 46.8 Å². The maximum absolute atomic E-state index is 15.6. The van der Waals surface area contributed by atoms with Crippen LogP contribution in [0.25, 0.3) is 0 Å². The lowest BCUT2D eigenvalue weighted by Crippen LogP contribution is -2.74. The molecule has 356 valence electrons. The lowest BCUT2D eigenvalue weighted by molar-refractivity contribution is -0.302. The van der Waals surface area contributed by atoms with E-state index in [-0.39, 0.29) is 30.8 Å². The highest BCUT2D eigenvalue weighted by atomic mass is 16.7. The number of ketones is 1. The van der Waals surface area contributed by atoms with Crippen molar-refractivity contribution in [3.8, 4) is 5.75 Å². The summed E-state index contributed by atoms with van der Waals surface area (Å²) in [6.45, 7) is 25.3. The molecule has 2 heterocycles. The Morgan fingerprint density at radius 3 is 2.26 bits per heavy atom. The highest BCUT2D eigenvalue weighted by molar-refractivity contribution is 5.91. The lowest BCUT2D eigenvalue weighted by atomic mass is 9.40. The second-order valence-electron chi connectivity index (χ2n) is 21.8. The molecule has 3 aliphatic carbocycles. The molecule has 13 nitrogen and oxygen atoms in total. The van der Waals surface area contributed by atoms with Gasteiger partial charge in [-0.2, -0.15) is 0 Å². The zero-order valence-corrected chi connectivity index (χ0v) is 40.8. The molecule has 2 bridgehead atoms. The van der Waals surface area contributed by atoms with E-state index in [0.29, 0.717) is 41.9 Å². The number of esters is 1. The molecule has 1 amide bonds. The third-order valence-corrected chi connectivity index (χ3v) is 15.7. The zero-order valence-electron chi connectivity index (χ0n) is 40.8. The molecule has 2 saturated heterocycles. The third kappa shape index (κ3) is 8.25. The Bertz CT molecular complexity index is 2200. The van der Waals surface area contributed by atoms with Crippen molar-refractivity contribution in [2.75, 3.05) is 13.7 Å². The molecule has 7 rings (SSSR count). The average Bonchev–Trinajstić information content (AvgIpc) is 3.59. The number of aliphatic hydroxyl groups is 1. The number of nitrogens with zero attached hydrogens (tertiary/aromatic N) is 1. The molecule has 0 spiro atoms. The summed E-state index contributed by atoms with van der Waals surface area (Å²) in [7, 11) is 1.55. The summed E-state index contributed by atoms with van der Waals surface area (Å²) in [5.74, 6) is -2.19. The van der Waals surface area contributed by atoms with Gasteiger partial charge in [-0.1, -0.05) is 90.9 Å². The molecule has 0 radical (unpaired) electrons. The van der Waals surface area contributed by atoms with Crippen molar-refractivity contribution < 1.29 is 57.4 Å². The van der Waals surface area contributed by atoms with Crippen molar-refractivity contribution in [3.05, 3.63) is 76.4 Å². The van der Waals surface area contributed by atoms with Gasteiger partial charge in [-0.25, -0.2) is 14.4 Å². The molecule has 2 saturated carbocycles. The number of ether oxygens (including phenoxy) is 7. The fourth-order valence-electron chi connectivity index (χ4n) is 12.6. The van der Waals surface area contributed by atoms with E-state index in [0.717, 1.165) is 11.1 Å². The number of carbonyl (C=O) groups is 4. The standard InChI is InChI=1S/C52H71NO12/c1-28(2)22-35-41(64-44(53(35)46(56)65-48(7,8)9)34-21-20-29(3)23-36(34)59-14)45(55)62-37-25-52(58)32(6)42-50(12)27-61-38(50)24-39(63-47(57)60-26-33-18-16-15-17-19-33)51(42,13)43(54)31(5)40(30(37)4)49(52,10)11/h15-21,23,28,31-32,35,37-39,41-42,44,58H,22,24-27H2,1-14H3/t31-,32-,35-,37-,38+,39-,41+,42+,44?,50+,51+,52+/m0/s1. The molecular weight excluding hydrogens is 831 g/mol. The van der Waals surface area contributed by atoms with Crippen LogP contribution in [0.5, 0.6) is 5.75 Å². The average molecular weight is 902 g/mol. The monoisotopic (exact) mass is 901 g/mol. The Labute approximate surface area is 384 Å². The van der Waals surface area contributed by atoms with Gasteiger partial charge in [-0.3, -0.25) is 9.69 Å². The second-order valence-corrected chi connectivity index (χ2v) is 21.8. The molecular formula is C52H71NO12. The van der Waals surface area contributed by atoms with Crippen LogP contribution in [-0.2, 0) is 44.6 Å². The topological polar surface area (TPSA) is 156 Å². The number of fused-ring (bicyclic) bond motifs is 5. The Hall–Kier alpha value is -4.46. The summed E-state index contributed by atoms with van der Waals surface area (Å²) >= 11 is 0. The van der Waals surface area contributed by atoms with Gasteiger partial charge in [0, 0.05) is 35.2 Å². The number of rotatable bonds is 9. The SMILES string of the molecule is COc1cc(C)ccc1C1O[C@@H](C(=O)O[C@H]2C[C@@]3(O)[C@@H](C)[C@@H]4[C@]5(C)CO[C@@H]5C[C@H](OC(=O)OCc5ccccc5)[C@@]4(C)C(=O)[C@@H](C)C(=C2C)C3(C)C)[C@H](CC(C)C)N1C(=O)OC(C)(C)C. The second kappa shape index (κ2) is 17.3. The van der Waals surface area contributed by atoms with Crippen molar-refractivity contribution in [3.63, 3.8) is 0 Å². The fourth-order valence-corrected chi connectivity index (χ4v) is 12.6. The highest BCUT2D eigenvalue weighted by Crippen LogP contribution is 2.68. The molecule has 2 aromatic carbocycles. The van der Waals surface area contributed by atoms with Gasteiger partial charge < -0.3 is 38.3 Å². The van der Waals surface area contributed by atoms with Gasteiger partial charge in [0.1, 0.15) is 35.9 Å². The van der Waals surface area contributed by atoms with E-state index in [4.69, 9.17) is 33.2 Å². The molecule has 5 aliphatic rings. The molecule has 13 heteroatoms. The first kappa shape index (κ1) is 48.5. The zero-order chi connectivity index (χ0) is 47.8. The van der Waals surface area contributed by atoms with Crippen LogP contribution in [0.2, 0.25) is 0 Å². The molecule has 0 aromatic heterocycles. The number of amides is 1. The van der Waals surface area contributed by atoms with E-state index in [1.165, 1.54) is 4.90 Å². The normalized spacial score (nSPS) is 35.2. The van der Waals surface area contributed by atoms with Crippen molar-refractivity contribution in [1.82, 2.24) is 4.90 Å². The predicted octanol–water partition coefficient (Wildman–Crippen LogP) is 9.45. The van der Waals surface area contributed by atoms with Gasteiger partial charge in [0.25, 0.3) is 0 Å². The molecule has 2 aromatic rings. The number of Topliss-reactive ketones (excluding diaryl/α,β-unsaturated/α-hetero) is 1. The first-order valence-corrected chi connectivity index (χ1v) is 23.3. The van der Waals surface area contributed by atoms with Gasteiger partial charge in [0.05, 0.1) is 36.9 Å². The van der Waals surface area contributed by atoms with Crippen LogP contribution in [-0.4, -0.2) is 89.4 Å². The minimum atomic E-state index is -1.54. The minimum absolute atomic E-state index is 0.00894. The first-order valence-electron chi connectivity index (χ1n) is 23.3. The number of methoxy groups -OCH3 is 1. The number of aryl methyl sites for hydroxylation is 1. The first-order chi connectivity index (χ1) is 30.3. The summed E-state index contributed by atoms with van der Waals surface area (Å²) in [6.07, 6.45) is -5.30. The number of carbonyl (C=O) groups excluding carboxylic acids is 4. The Balaban J connectivity index is 1.26. The molecule has 2 aliphatic heterocycles. The van der Waals surface area contributed by atoms with Crippen LogP contribution in [0.15, 0.2) is 59.7 Å². The quantitative estimate of drug-likeness (QED) is 0.145. The van der Waals surface area contributed by atoms with Gasteiger partial charge in [0.15, 0.2) is 12.3 Å². The Morgan fingerprint density at radius 2 is 1.66 bits per heavy atom. The van der Waals surface area contributed by atoms with E-state index < -0.39 is 94.0 Å². The van der Waals surface area contributed by atoms with E-state index in [1.807, 2.05) is 111 Å². The van der Waals surface area contributed by atoms with Crippen LogP contribution < -0.4 is 4.74 Å². The summed E-state index contributed by atoms with van der Waals surface area (Å²) in [4.78, 5) is 59.8. The van der Waals surface area contributed by atoms with Crippen LogP contribution >= 0.6 is 0 Å². The van der Waals surface area contributed by atoms with Gasteiger partial charge in [0.2, 0.25) is 0 Å². The van der Waals surface area contributed by atoms with E-state index in [2.05, 4.69) is 6.92 Å². The van der Waals surface area contributed by atoms with E-state index in [1.54, 1.807) is 27.9 Å². The number of hydrogen-bond donors (Lipinski definition) is 1. The molecule has 4 fully saturated rings. The van der Waals surface area contributed by atoms with Crippen LogP contribution in [0.1, 0.15) is 125 Å². The van der Waals surface area contributed by atoms with Gasteiger partial charge in [-0.15, -0.1) is 0 Å². The van der Waals surface area contributed by atoms with Crippen molar-refractivity contribution >= 4 is 24.0 Å². The molecule has 1 unspecified atom stereocenters. The lowest BCUT2D eigenvalue weighted by Gasteiger charge is -2.68. The number of benzene rings is 2.